The second-order valence-electron chi connectivity index (χ2n) is 7.80. The summed E-state index contributed by atoms with van der Waals surface area (Å²) in [6, 6.07) is 6.98. The number of aryl methyl sites for hydroxylation is 1. The maximum atomic E-state index is 14.7. The maximum Gasteiger partial charge on any atom is 0.328 e. The summed E-state index contributed by atoms with van der Waals surface area (Å²) >= 11 is 0. The van der Waals surface area contributed by atoms with E-state index in [2.05, 4.69) is 10.3 Å². The number of nitrogens with zero attached hydrogens (tertiary/aromatic N) is 4. The lowest BCUT2D eigenvalue weighted by atomic mass is 10.00. The summed E-state index contributed by atoms with van der Waals surface area (Å²) < 4.78 is 48.6. The molecule has 2 aromatic carbocycles. The van der Waals surface area contributed by atoms with Gasteiger partial charge in [-0.05, 0) is 42.8 Å². The molecule has 1 saturated heterocycles. The summed E-state index contributed by atoms with van der Waals surface area (Å²) in [5.41, 5.74) is 1.67. The summed E-state index contributed by atoms with van der Waals surface area (Å²) in [4.78, 5) is 24.9. The van der Waals surface area contributed by atoms with E-state index in [1.807, 2.05) is 4.90 Å². The summed E-state index contributed by atoms with van der Waals surface area (Å²) in [5.74, 6) is -1.81. The Morgan fingerprint density at radius 1 is 1.03 bits per heavy atom. The molecule has 33 heavy (non-hydrogen) atoms. The third kappa shape index (κ3) is 3.76. The van der Waals surface area contributed by atoms with Gasteiger partial charge in [0.05, 0.1) is 25.5 Å². The maximum absolute atomic E-state index is 14.7. The number of carbonyl (C=O) groups is 1. The van der Waals surface area contributed by atoms with Crippen LogP contribution in [-0.2, 0) is 11.3 Å². The lowest BCUT2D eigenvalue weighted by molar-refractivity contribution is 0.122. The van der Waals surface area contributed by atoms with Crippen LogP contribution in [-0.4, -0.2) is 42.3 Å². The molecule has 0 unspecified atom stereocenters. The zero-order valence-electron chi connectivity index (χ0n) is 17.7. The number of para-hydroxylation sites is 1. The number of rotatable bonds is 3. The molecule has 3 heterocycles. The van der Waals surface area contributed by atoms with Gasteiger partial charge in [-0.1, -0.05) is 6.07 Å². The Bertz CT molecular complexity index is 1230. The van der Waals surface area contributed by atoms with E-state index < -0.39 is 29.2 Å². The van der Waals surface area contributed by atoms with Gasteiger partial charge in [0, 0.05) is 24.2 Å². The summed E-state index contributed by atoms with van der Waals surface area (Å²) in [6.07, 6.45) is 0. The van der Waals surface area contributed by atoms with Crippen LogP contribution in [0.2, 0.25) is 0 Å². The van der Waals surface area contributed by atoms with Crippen molar-refractivity contribution in [1.29, 1.82) is 0 Å². The molecular weight excluding hydrogens is 435 g/mol. The Labute approximate surface area is 187 Å². The standard InChI is InChI=1S/C23H20F3N5O2/c1-13-11-14(24)5-6-15(13)19-16-12-27-23(32)31(20-17(25)3-2-4-18(20)26)21(16)29-22(28-19)30-7-9-33-10-8-30/h2-6,11H,7-10,12H2,1H3,(H,27,32). The Balaban J connectivity index is 1.77. The van der Waals surface area contributed by atoms with E-state index in [9.17, 15) is 18.0 Å². The van der Waals surface area contributed by atoms with Gasteiger partial charge < -0.3 is 15.0 Å². The third-order valence-corrected chi connectivity index (χ3v) is 5.70. The molecule has 0 aliphatic carbocycles. The quantitative estimate of drug-likeness (QED) is 0.645. The number of halogens is 3. The molecule has 0 spiro atoms. The fourth-order valence-electron chi connectivity index (χ4n) is 4.08. The van der Waals surface area contributed by atoms with E-state index in [1.54, 1.807) is 13.0 Å². The number of ether oxygens (including phenoxy) is 1. The van der Waals surface area contributed by atoms with Crippen molar-refractivity contribution in [3.63, 3.8) is 0 Å². The minimum atomic E-state index is -0.899. The van der Waals surface area contributed by atoms with Crippen LogP contribution in [0.15, 0.2) is 36.4 Å². The van der Waals surface area contributed by atoms with Gasteiger partial charge in [0.15, 0.2) is 5.82 Å². The molecule has 0 saturated carbocycles. The van der Waals surface area contributed by atoms with Crippen LogP contribution in [0.5, 0.6) is 0 Å². The van der Waals surface area contributed by atoms with Gasteiger partial charge in [-0.25, -0.2) is 27.8 Å². The fraction of sp³-hybridized carbons (Fsp3) is 0.261. The first kappa shape index (κ1) is 21.2. The fourth-order valence-corrected chi connectivity index (χ4v) is 4.08. The van der Waals surface area contributed by atoms with Crippen LogP contribution in [0.25, 0.3) is 11.3 Å². The van der Waals surface area contributed by atoms with Crippen molar-refractivity contribution >= 4 is 23.5 Å². The second kappa shape index (κ2) is 8.36. The molecule has 1 fully saturated rings. The van der Waals surface area contributed by atoms with Crippen LogP contribution in [0.4, 0.5) is 35.4 Å². The molecule has 7 nitrogen and oxygen atoms in total. The number of nitrogens with one attached hydrogen (secondary N) is 1. The number of morpholine rings is 1. The first-order valence-corrected chi connectivity index (χ1v) is 10.5. The summed E-state index contributed by atoms with van der Waals surface area (Å²) in [5, 5.41) is 2.65. The van der Waals surface area contributed by atoms with Crippen molar-refractivity contribution in [1.82, 2.24) is 15.3 Å². The predicted molar refractivity (Wildman–Crippen MR) is 116 cm³/mol. The molecule has 3 aromatic rings. The molecule has 0 radical (unpaired) electrons. The lowest BCUT2D eigenvalue weighted by Crippen LogP contribution is -2.44. The Morgan fingerprint density at radius 3 is 2.45 bits per heavy atom. The lowest BCUT2D eigenvalue weighted by Gasteiger charge is -2.33. The van der Waals surface area contributed by atoms with Crippen molar-refractivity contribution in [2.24, 2.45) is 0 Å². The number of aromatic nitrogens is 2. The van der Waals surface area contributed by atoms with E-state index in [0.717, 1.165) is 17.0 Å². The number of hydrogen-bond donors (Lipinski definition) is 1. The van der Waals surface area contributed by atoms with Crippen LogP contribution in [0.1, 0.15) is 11.1 Å². The molecule has 170 valence electrons. The highest BCUT2D eigenvalue weighted by molar-refractivity contribution is 6.02. The number of carbonyl (C=O) groups excluding carboxylic acids is 1. The Hall–Kier alpha value is -3.66. The minimum absolute atomic E-state index is 0.0519. The highest BCUT2D eigenvalue weighted by Crippen LogP contribution is 2.39. The highest BCUT2D eigenvalue weighted by Gasteiger charge is 2.35. The predicted octanol–water partition coefficient (Wildman–Crippen LogP) is 4.07. The Morgan fingerprint density at radius 2 is 1.76 bits per heavy atom. The number of amides is 2. The van der Waals surface area contributed by atoms with Gasteiger partial charge in [-0.2, -0.15) is 4.98 Å². The molecule has 1 aromatic heterocycles. The second-order valence-corrected chi connectivity index (χ2v) is 7.80. The number of fused-ring (bicyclic) bond motifs is 1. The first-order chi connectivity index (χ1) is 15.9. The van der Waals surface area contributed by atoms with Crippen molar-refractivity contribution in [2.45, 2.75) is 13.5 Å². The Kier molecular flexibility index (Phi) is 5.37. The molecule has 0 atom stereocenters. The van der Waals surface area contributed by atoms with Crippen LogP contribution >= 0.6 is 0 Å². The molecule has 2 aliphatic heterocycles. The van der Waals surface area contributed by atoms with Crippen LogP contribution in [0.3, 0.4) is 0 Å². The van der Waals surface area contributed by atoms with E-state index in [1.165, 1.54) is 18.2 Å². The van der Waals surface area contributed by atoms with Crippen LogP contribution in [0, 0.1) is 24.4 Å². The number of urea groups is 1. The average molecular weight is 455 g/mol. The molecule has 0 bridgehead atoms. The smallest absolute Gasteiger partial charge is 0.328 e. The zero-order valence-corrected chi connectivity index (χ0v) is 17.7. The number of hydrogen-bond acceptors (Lipinski definition) is 5. The van der Waals surface area contributed by atoms with Gasteiger partial charge in [0.1, 0.15) is 23.1 Å². The third-order valence-electron chi connectivity index (χ3n) is 5.70. The monoisotopic (exact) mass is 455 g/mol. The molecule has 10 heteroatoms. The molecule has 2 aliphatic rings. The topological polar surface area (TPSA) is 70.6 Å². The molecule has 5 rings (SSSR count). The van der Waals surface area contributed by atoms with Crippen molar-refractivity contribution in [2.75, 3.05) is 36.1 Å². The SMILES string of the molecule is Cc1cc(F)ccc1-c1nc(N2CCOCC2)nc2c1CNC(=O)N2c1c(F)cccc1F. The van der Waals surface area contributed by atoms with Crippen LogP contribution < -0.4 is 15.1 Å². The van der Waals surface area contributed by atoms with E-state index >= 15 is 0 Å². The summed E-state index contributed by atoms with van der Waals surface area (Å²) in [7, 11) is 0. The molecule has 1 N–H and O–H groups in total. The number of anilines is 3. The van der Waals surface area contributed by atoms with Gasteiger partial charge in [-0.3, -0.25) is 0 Å². The first-order valence-electron chi connectivity index (χ1n) is 10.5. The normalized spacial score (nSPS) is 15.9. The van der Waals surface area contributed by atoms with Gasteiger partial charge >= 0.3 is 6.03 Å². The highest BCUT2D eigenvalue weighted by atomic mass is 19.1. The van der Waals surface area contributed by atoms with Gasteiger partial charge in [0.2, 0.25) is 5.95 Å². The van der Waals surface area contributed by atoms with Crippen molar-refractivity contribution < 1.29 is 22.7 Å². The molecule has 2 amide bonds. The van der Waals surface area contributed by atoms with Gasteiger partial charge in [0.25, 0.3) is 0 Å². The zero-order chi connectivity index (χ0) is 23.1. The van der Waals surface area contributed by atoms with E-state index in [0.29, 0.717) is 54.6 Å². The van der Waals surface area contributed by atoms with Crippen molar-refractivity contribution in [3.05, 3.63) is 65.0 Å². The van der Waals surface area contributed by atoms with E-state index in [4.69, 9.17) is 9.72 Å². The van der Waals surface area contributed by atoms with E-state index in [-0.39, 0.29) is 12.4 Å². The molecular formula is C23H20F3N5O2. The largest absolute Gasteiger partial charge is 0.378 e. The summed E-state index contributed by atoms with van der Waals surface area (Å²) in [6.45, 7) is 3.77. The van der Waals surface area contributed by atoms with Crippen molar-refractivity contribution in [3.8, 4) is 11.3 Å². The van der Waals surface area contributed by atoms with Gasteiger partial charge in [-0.15, -0.1) is 0 Å². The minimum Gasteiger partial charge on any atom is -0.378 e. The number of benzene rings is 2. The average Bonchev–Trinajstić information content (AvgIpc) is 2.80.